The molecule has 0 atom stereocenters. The molecule has 0 aliphatic rings. The lowest BCUT2D eigenvalue weighted by molar-refractivity contribution is -0.137. The van der Waals surface area contributed by atoms with Crippen LogP contribution in [0.4, 0.5) is 0 Å². The van der Waals surface area contributed by atoms with Crippen LogP contribution >= 0.6 is 0 Å². The molecule has 1 amide bonds. The maximum Gasteiger partial charge on any atom is 0.303 e. The first kappa shape index (κ1) is 15.1. The van der Waals surface area contributed by atoms with Gasteiger partial charge in [-0.25, -0.2) is 4.94 Å². The molecule has 0 radical (unpaired) electrons. The Morgan fingerprint density at radius 3 is 2.65 bits per heavy atom. The number of carbonyl (C=O) groups excluding carboxylic acids is 1. The van der Waals surface area contributed by atoms with Gasteiger partial charge in [-0.3, -0.25) is 9.59 Å². The highest BCUT2D eigenvalue weighted by Crippen LogP contribution is 1.95. The molecule has 0 rings (SSSR count). The zero-order valence-corrected chi connectivity index (χ0v) is 9.81. The Balaban J connectivity index is 3.57. The first-order chi connectivity index (χ1) is 8.06. The smallest absolute Gasteiger partial charge is 0.303 e. The van der Waals surface area contributed by atoms with Crippen LogP contribution in [0.1, 0.15) is 32.6 Å². The molecule has 7 heteroatoms. The van der Waals surface area contributed by atoms with E-state index in [1.165, 1.54) is 0 Å². The summed E-state index contributed by atoms with van der Waals surface area (Å²) >= 11 is 0. The van der Waals surface area contributed by atoms with Gasteiger partial charge in [0, 0.05) is 32.5 Å². The average Bonchev–Trinajstić information content (AvgIpc) is 2.25. The zero-order valence-electron chi connectivity index (χ0n) is 9.81. The highest BCUT2D eigenvalue weighted by molar-refractivity contribution is 5.82. The third kappa shape index (κ3) is 10.4. The number of rotatable bonds is 9. The third-order valence-electron chi connectivity index (χ3n) is 1.86. The Hall–Kier alpha value is -1.92. The van der Waals surface area contributed by atoms with Crippen molar-refractivity contribution in [3.05, 3.63) is 0 Å². The molecule has 0 saturated carbocycles. The molecular formula is C10H17N3O4. The molecule has 7 nitrogen and oxygen atoms in total. The predicted octanol–water partition coefficient (Wildman–Crippen LogP) is 0.756. The van der Waals surface area contributed by atoms with Crippen LogP contribution in [0.15, 0.2) is 10.3 Å². The van der Waals surface area contributed by atoms with E-state index in [4.69, 9.17) is 5.11 Å². The summed E-state index contributed by atoms with van der Waals surface area (Å²) in [6, 6.07) is 0. The third-order valence-corrected chi connectivity index (χ3v) is 1.86. The molecule has 2 N–H and O–H groups in total. The van der Waals surface area contributed by atoms with Gasteiger partial charge < -0.3 is 10.4 Å². The van der Waals surface area contributed by atoms with Gasteiger partial charge in [-0.15, -0.1) is 0 Å². The van der Waals surface area contributed by atoms with Gasteiger partial charge in [-0.2, -0.15) is 0 Å². The summed E-state index contributed by atoms with van der Waals surface area (Å²) in [7, 11) is 0. The van der Waals surface area contributed by atoms with E-state index in [2.05, 4.69) is 27.3 Å². The second kappa shape index (κ2) is 9.32. The molecule has 0 aliphatic heterocycles. The van der Waals surface area contributed by atoms with Crippen molar-refractivity contribution >= 4 is 24.3 Å². The number of nitrogens with one attached hydrogen (secondary N) is 1. The molecule has 0 fully saturated rings. The summed E-state index contributed by atoms with van der Waals surface area (Å²) in [6.45, 7) is 5.26. The first-order valence-electron chi connectivity index (χ1n) is 5.20. The highest BCUT2D eigenvalue weighted by Gasteiger charge is 2.03. The van der Waals surface area contributed by atoms with E-state index in [1.54, 1.807) is 6.92 Å². The lowest BCUT2D eigenvalue weighted by Gasteiger charge is -2.03. The van der Waals surface area contributed by atoms with Crippen LogP contribution in [0.2, 0.25) is 0 Å². The molecule has 0 heterocycles. The van der Waals surface area contributed by atoms with Gasteiger partial charge >= 0.3 is 5.97 Å². The molecule has 0 bridgehead atoms. The van der Waals surface area contributed by atoms with Crippen molar-refractivity contribution in [1.29, 1.82) is 0 Å². The molecule has 0 unspecified atom stereocenters. The number of carbonyl (C=O) groups is 2. The van der Waals surface area contributed by atoms with Crippen LogP contribution in [0, 0.1) is 0 Å². The van der Waals surface area contributed by atoms with Crippen LogP contribution in [0.3, 0.4) is 0 Å². The number of oxime groups is 2. The maximum atomic E-state index is 11.2. The summed E-state index contributed by atoms with van der Waals surface area (Å²) in [5.41, 5.74) is 0.684. The van der Waals surface area contributed by atoms with E-state index in [1.807, 2.05) is 0 Å². The number of amides is 1. The number of carboxylic acids is 1. The van der Waals surface area contributed by atoms with Crippen molar-refractivity contribution in [1.82, 2.24) is 5.32 Å². The van der Waals surface area contributed by atoms with E-state index >= 15 is 0 Å². The van der Waals surface area contributed by atoms with Gasteiger partial charge in [0.2, 0.25) is 5.91 Å². The minimum absolute atomic E-state index is 0.00670. The Labute approximate surface area is 99.5 Å². The first-order valence-corrected chi connectivity index (χ1v) is 5.20. The standard InChI is InChI=1S/C10H17N3O4/c1-8(13-17-11-2)6-7-12-9(14)4-3-5-10(15)16/h2-7H2,1H3,(H,12,14)(H,15,16)/b13-8+. The largest absolute Gasteiger partial charge is 0.481 e. The van der Waals surface area contributed by atoms with Gasteiger partial charge in [0.15, 0.2) is 0 Å². The highest BCUT2D eigenvalue weighted by atomic mass is 16.8. The molecule has 0 aromatic rings. The molecular weight excluding hydrogens is 226 g/mol. The zero-order chi connectivity index (χ0) is 13.1. The molecule has 0 aliphatic carbocycles. The second-order valence-corrected chi connectivity index (χ2v) is 3.38. The summed E-state index contributed by atoms with van der Waals surface area (Å²) < 4.78 is 0. The summed E-state index contributed by atoms with van der Waals surface area (Å²) in [5, 5.41) is 17.7. The normalized spacial score (nSPS) is 10.8. The van der Waals surface area contributed by atoms with Gasteiger partial charge in [0.25, 0.3) is 0 Å². The minimum Gasteiger partial charge on any atom is -0.481 e. The van der Waals surface area contributed by atoms with Crippen molar-refractivity contribution in [2.75, 3.05) is 6.54 Å². The Morgan fingerprint density at radius 1 is 1.35 bits per heavy atom. The summed E-state index contributed by atoms with van der Waals surface area (Å²) in [4.78, 5) is 25.8. The van der Waals surface area contributed by atoms with Crippen molar-refractivity contribution in [2.24, 2.45) is 10.3 Å². The van der Waals surface area contributed by atoms with Crippen LogP contribution in [0.25, 0.3) is 0 Å². The minimum atomic E-state index is -0.894. The van der Waals surface area contributed by atoms with Crippen LogP contribution in [-0.2, 0) is 14.5 Å². The Kier molecular flexibility index (Phi) is 8.26. The van der Waals surface area contributed by atoms with Crippen molar-refractivity contribution in [3.8, 4) is 0 Å². The molecule has 0 aromatic carbocycles. The van der Waals surface area contributed by atoms with E-state index < -0.39 is 5.97 Å². The molecule has 0 saturated heterocycles. The van der Waals surface area contributed by atoms with Gasteiger partial charge in [0.05, 0.1) is 5.71 Å². The van der Waals surface area contributed by atoms with Crippen molar-refractivity contribution in [2.45, 2.75) is 32.6 Å². The molecule has 96 valence electrons. The van der Waals surface area contributed by atoms with E-state index in [9.17, 15) is 9.59 Å². The van der Waals surface area contributed by atoms with Gasteiger partial charge in [-0.1, -0.05) is 10.3 Å². The van der Waals surface area contributed by atoms with Gasteiger partial charge in [-0.05, 0) is 13.3 Å². The quantitative estimate of drug-likeness (QED) is 0.461. The van der Waals surface area contributed by atoms with Crippen LogP contribution in [0.5, 0.6) is 0 Å². The second-order valence-electron chi connectivity index (χ2n) is 3.38. The SMILES string of the molecule is C=NO/N=C(\C)CCNC(=O)CCCC(=O)O. The summed E-state index contributed by atoms with van der Waals surface area (Å²) in [5.74, 6) is -1.06. The fourth-order valence-electron chi connectivity index (χ4n) is 1.02. The van der Waals surface area contributed by atoms with E-state index in [0.717, 1.165) is 0 Å². The molecule has 0 aromatic heterocycles. The van der Waals surface area contributed by atoms with E-state index in [0.29, 0.717) is 25.1 Å². The molecule has 17 heavy (non-hydrogen) atoms. The lowest BCUT2D eigenvalue weighted by Crippen LogP contribution is -2.25. The van der Waals surface area contributed by atoms with Crippen LogP contribution < -0.4 is 5.32 Å². The van der Waals surface area contributed by atoms with E-state index in [-0.39, 0.29) is 18.7 Å². The number of nitrogens with zero attached hydrogens (tertiary/aromatic N) is 2. The number of aliphatic carboxylic acids is 1. The van der Waals surface area contributed by atoms with Crippen LogP contribution in [-0.4, -0.2) is 36.0 Å². The number of hydrogen-bond donors (Lipinski definition) is 2. The lowest BCUT2D eigenvalue weighted by atomic mass is 10.2. The van der Waals surface area contributed by atoms with Crippen molar-refractivity contribution in [3.63, 3.8) is 0 Å². The number of carboxylic acid groups (broad SMARTS) is 1. The fraction of sp³-hybridized carbons (Fsp3) is 0.600. The molecule has 0 spiro atoms. The monoisotopic (exact) mass is 243 g/mol. The van der Waals surface area contributed by atoms with Gasteiger partial charge in [0.1, 0.15) is 0 Å². The summed E-state index contributed by atoms with van der Waals surface area (Å²) in [6.07, 6.45) is 1.11. The van der Waals surface area contributed by atoms with Crippen molar-refractivity contribution < 1.29 is 19.6 Å². The topological polar surface area (TPSA) is 100 Å². The fourth-order valence-corrected chi connectivity index (χ4v) is 1.02. The maximum absolute atomic E-state index is 11.2. The number of hydrogen-bond acceptors (Lipinski definition) is 5. The Morgan fingerprint density at radius 2 is 2.06 bits per heavy atom. The Bertz CT molecular complexity index is 302. The average molecular weight is 243 g/mol. The predicted molar refractivity (Wildman–Crippen MR) is 62.9 cm³/mol.